The molecule has 0 saturated carbocycles. The summed E-state index contributed by atoms with van der Waals surface area (Å²) in [5.74, 6) is 1.73. The van der Waals surface area contributed by atoms with Gasteiger partial charge in [0, 0.05) is 11.7 Å². The summed E-state index contributed by atoms with van der Waals surface area (Å²) in [5, 5.41) is 1.01. The van der Waals surface area contributed by atoms with Crippen molar-refractivity contribution in [3.05, 3.63) is 17.6 Å². The Balaban J connectivity index is 2.57. The van der Waals surface area contributed by atoms with Crippen LogP contribution in [0.4, 0.5) is 5.82 Å². The van der Waals surface area contributed by atoms with Crippen molar-refractivity contribution in [2.75, 3.05) is 17.7 Å². The maximum Gasteiger partial charge on any atom is 0.146 e. The standard InChI is InChI=1S/C13H20N4S/c1-8(5-6-18-4)17-10(3)9(2)11-12(14)15-7-16-13(11)17/h7-8H,5-6H2,1-4H3,(H2,14,15,16). The maximum atomic E-state index is 5.97. The lowest BCUT2D eigenvalue weighted by atomic mass is 10.2. The second-order valence-corrected chi connectivity index (χ2v) is 5.65. The minimum Gasteiger partial charge on any atom is -0.383 e. The topological polar surface area (TPSA) is 56.7 Å². The quantitative estimate of drug-likeness (QED) is 0.922. The summed E-state index contributed by atoms with van der Waals surface area (Å²) in [6.07, 6.45) is 4.82. The van der Waals surface area contributed by atoms with E-state index in [0.29, 0.717) is 11.9 Å². The number of nitrogen functional groups attached to an aromatic ring is 1. The van der Waals surface area contributed by atoms with Gasteiger partial charge in [-0.15, -0.1) is 0 Å². The maximum absolute atomic E-state index is 5.97. The number of thioether (sulfide) groups is 1. The Morgan fingerprint density at radius 3 is 2.78 bits per heavy atom. The van der Waals surface area contributed by atoms with Gasteiger partial charge < -0.3 is 10.3 Å². The summed E-state index contributed by atoms with van der Waals surface area (Å²) in [6.45, 7) is 6.46. The van der Waals surface area contributed by atoms with Crippen LogP contribution in [0.15, 0.2) is 6.33 Å². The Morgan fingerprint density at radius 1 is 1.39 bits per heavy atom. The van der Waals surface area contributed by atoms with E-state index in [1.165, 1.54) is 11.3 Å². The Bertz CT molecular complexity index is 562. The molecule has 18 heavy (non-hydrogen) atoms. The molecular formula is C13H20N4S. The third-order valence-electron chi connectivity index (χ3n) is 3.54. The normalized spacial score (nSPS) is 13.1. The number of nitrogens with zero attached hydrogens (tertiary/aromatic N) is 3. The molecule has 0 spiro atoms. The lowest BCUT2D eigenvalue weighted by Gasteiger charge is -2.16. The number of anilines is 1. The van der Waals surface area contributed by atoms with Gasteiger partial charge in [-0.05, 0) is 44.8 Å². The summed E-state index contributed by atoms with van der Waals surface area (Å²) in [5.41, 5.74) is 9.37. The van der Waals surface area contributed by atoms with Gasteiger partial charge >= 0.3 is 0 Å². The molecule has 0 amide bonds. The largest absolute Gasteiger partial charge is 0.383 e. The molecule has 0 aliphatic carbocycles. The molecule has 5 heteroatoms. The van der Waals surface area contributed by atoms with Gasteiger partial charge in [-0.25, -0.2) is 9.97 Å². The third-order valence-corrected chi connectivity index (χ3v) is 4.19. The summed E-state index contributed by atoms with van der Waals surface area (Å²) in [4.78, 5) is 8.51. The number of aromatic nitrogens is 3. The van der Waals surface area contributed by atoms with Crippen LogP contribution in [-0.2, 0) is 0 Å². The van der Waals surface area contributed by atoms with E-state index in [1.54, 1.807) is 6.33 Å². The van der Waals surface area contributed by atoms with Crippen molar-refractivity contribution in [3.8, 4) is 0 Å². The van der Waals surface area contributed by atoms with Crippen molar-refractivity contribution in [1.82, 2.24) is 14.5 Å². The molecule has 2 aromatic rings. The first kappa shape index (κ1) is 13.2. The number of nitrogens with two attached hydrogens (primary N) is 1. The van der Waals surface area contributed by atoms with Gasteiger partial charge in [0.25, 0.3) is 0 Å². The summed E-state index contributed by atoms with van der Waals surface area (Å²) < 4.78 is 2.29. The zero-order chi connectivity index (χ0) is 13.3. The molecule has 0 fully saturated rings. The Labute approximate surface area is 112 Å². The fraction of sp³-hybridized carbons (Fsp3) is 0.538. The molecule has 2 heterocycles. The van der Waals surface area contributed by atoms with Crippen molar-refractivity contribution in [2.24, 2.45) is 0 Å². The number of aryl methyl sites for hydroxylation is 1. The molecule has 98 valence electrons. The van der Waals surface area contributed by atoms with Crippen molar-refractivity contribution in [3.63, 3.8) is 0 Å². The van der Waals surface area contributed by atoms with Crippen LogP contribution in [0.1, 0.15) is 30.6 Å². The molecule has 2 rings (SSSR count). The molecule has 4 nitrogen and oxygen atoms in total. The SMILES string of the molecule is CSCCC(C)n1c(C)c(C)c2c(N)ncnc21. The average molecular weight is 264 g/mol. The number of rotatable bonds is 4. The highest BCUT2D eigenvalue weighted by atomic mass is 32.2. The summed E-state index contributed by atoms with van der Waals surface area (Å²) in [6, 6.07) is 0.433. The second-order valence-electron chi connectivity index (χ2n) is 4.67. The van der Waals surface area contributed by atoms with E-state index >= 15 is 0 Å². The second kappa shape index (κ2) is 5.18. The summed E-state index contributed by atoms with van der Waals surface area (Å²) in [7, 11) is 0. The van der Waals surface area contributed by atoms with Crippen molar-refractivity contribution < 1.29 is 0 Å². The highest BCUT2D eigenvalue weighted by Crippen LogP contribution is 2.30. The smallest absolute Gasteiger partial charge is 0.146 e. The van der Waals surface area contributed by atoms with Crippen LogP contribution in [0.3, 0.4) is 0 Å². The monoisotopic (exact) mass is 264 g/mol. The van der Waals surface area contributed by atoms with E-state index in [0.717, 1.165) is 23.2 Å². The first-order chi connectivity index (χ1) is 8.57. The Morgan fingerprint density at radius 2 is 2.11 bits per heavy atom. The predicted octanol–water partition coefficient (Wildman–Crippen LogP) is 2.94. The fourth-order valence-electron chi connectivity index (χ4n) is 2.41. The van der Waals surface area contributed by atoms with E-state index in [9.17, 15) is 0 Å². The van der Waals surface area contributed by atoms with Crippen LogP contribution < -0.4 is 5.73 Å². The lowest BCUT2D eigenvalue weighted by molar-refractivity contribution is 0.537. The zero-order valence-corrected chi connectivity index (χ0v) is 12.2. The lowest BCUT2D eigenvalue weighted by Crippen LogP contribution is -2.09. The van der Waals surface area contributed by atoms with Gasteiger partial charge in [0.15, 0.2) is 0 Å². The number of hydrogen-bond acceptors (Lipinski definition) is 4. The van der Waals surface area contributed by atoms with Crippen molar-refractivity contribution in [1.29, 1.82) is 0 Å². The molecule has 1 atom stereocenters. The Hall–Kier alpha value is -1.23. The number of fused-ring (bicyclic) bond motifs is 1. The van der Waals surface area contributed by atoms with Gasteiger partial charge in [-0.3, -0.25) is 0 Å². The Kier molecular flexibility index (Phi) is 3.80. The molecule has 0 aliphatic rings. The molecule has 0 aliphatic heterocycles. The van der Waals surface area contributed by atoms with Crippen molar-refractivity contribution >= 4 is 28.6 Å². The predicted molar refractivity (Wildman–Crippen MR) is 79.1 cm³/mol. The van der Waals surface area contributed by atoms with E-state index in [-0.39, 0.29) is 0 Å². The van der Waals surface area contributed by atoms with E-state index in [1.807, 2.05) is 11.8 Å². The van der Waals surface area contributed by atoms with Gasteiger partial charge in [-0.2, -0.15) is 11.8 Å². The van der Waals surface area contributed by atoms with Gasteiger partial charge in [0.05, 0.1) is 5.39 Å². The molecule has 2 aromatic heterocycles. The molecule has 0 radical (unpaired) electrons. The summed E-state index contributed by atoms with van der Waals surface area (Å²) >= 11 is 1.88. The van der Waals surface area contributed by atoms with Crippen LogP contribution >= 0.6 is 11.8 Å². The van der Waals surface area contributed by atoms with Crippen molar-refractivity contribution in [2.45, 2.75) is 33.2 Å². The van der Waals surface area contributed by atoms with Crippen LogP contribution in [0.5, 0.6) is 0 Å². The van der Waals surface area contributed by atoms with Gasteiger partial charge in [0.1, 0.15) is 17.8 Å². The minimum absolute atomic E-state index is 0.433. The highest BCUT2D eigenvalue weighted by molar-refractivity contribution is 7.98. The molecule has 0 aromatic carbocycles. The van der Waals surface area contributed by atoms with Gasteiger partial charge in [0.2, 0.25) is 0 Å². The fourth-order valence-corrected chi connectivity index (χ4v) is 2.99. The van der Waals surface area contributed by atoms with Gasteiger partial charge in [-0.1, -0.05) is 0 Å². The van der Waals surface area contributed by atoms with Crippen LogP contribution in [0, 0.1) is 13.8 Å². The first-order valence-corrected chi connectivity index (χ1v) is 7.53. The molecule has 2 N–H and O–H groups in total. The zero-order valence-electron chi connectivity index (χ0n) is 11.4. The average Bonchev–Trinajstić information content (AvgIpc) is 2.60. The first-order valence-electron chi connectivity index (χ1n) is 6.14. The van der Waals surface area contributed by atoms with Crippen LogP contribution in [0.2, 0.25) is 0 Å². The molecule has 0 saturated heterocycles. The third kappa shape index (κ3) is 2.07. The van der Waals surface area contributed by atoms with Crippen LogP contribution in [0.25, 0.3) is 11.0 Å². The van der Waals surface area contributed by atoms with Crippen LogP contribution in [-0.4, -0.2) is 26.5 Å². The number of hydrogen-bond donors (Lipinski definition) is 1. The van der Waals surface area contributed by atoms with E-state index in [4.69, 9.17) is 5.73 Å². The van der Waals surface area contributed by atoms with E-state index in [2.05, 4.69) is 41.6 Å². The molecular weight excluding hydrogens is 244 g/mol. The van der Waals surface area contributed by atoms with E-state index < -0.39 is 0 Å². The molecule has 0 bridgehead atoms. The minimum atomic E-state index is 0.433. The molecule has 1 unspecified atom stereocenters. The highest BCUT2D eigenvalue weighted by Gasteiger charge is 2.18.